The van der Waals surface area contributed by atoms with Crippen molar-refractivity contribution in [2.45, 2.75) is 195 Å². The van der Waals surface area contributed by atoms with E-state index < -0.39 is 32.2 Å². The van der Waals surface area contributed by atoms with Crippen molar-refractivity contribution in [1.82, 2.24) is 14.7 Å². The van der Waals surface area contributed by atoms with E-state index >= 15 is 0 Å². The van der Waals surface area contributed by atoms with Crippen molar-refractivity contribution >= 4 is 17.9 Å². The van der Waals surface area contributed by atoms with E-state index in [1.165, 1.54) is 25.3 Å². The SMILES string of the molecule is COc1cc2c(cc1OC)[C@H]1C[C@H](OC(=O)[C@@H](N)C(C)C)[C@H](CC(C)C)CN1CC2.[2H]C([2H])([2H])Oc1cc2c(cc1OC)[C@H]1C[C@H](OC(=O)[C@@H](N)C(C)C)[C@H](CC(C)C)CN1CC2.[2H]C([2H])([2H])Oc1cc2c(cc1OC)[C@H]1C[C@H](OC(=O)[C@@H](N)C(C)C)[C@H](CC(C)C)CN1CC2. The monoisotopic (exact) mass is 1260 g/mol. The van der Waals surface area contributed by atoms with Crippen molar-refractivity contribution < 1.29 is 65.2 Å². The number of benzene rings is 3. The van der Waals surface area contributed by atoms with E-state index in [4.69, 9.17) is 68.1 Å². The molecular weight excluding hydrogens is 1140 g/mol. The van der Waals surface area contributed by atoms with Crippen LogP contribution in [-0.4, -0.2) is 151 Å². The normalized spacial score (nSPS) is 26.2. The van der Waals surface area contributed by atoms with Crippen LogP contribution < -0.4 is 45.6 Å². The minimum absolute atomic E-state index is 0.0115. The average molecular weight is 1260 g/mol. The van der Waals surface area contributed by atoms with Crippen LogP contribution in [0.4, 0.5) is 0 Å². The number of piperidine rings is 3. The lowest BCUT2D eigenvalue weighted by atomic mass is 9.79. The molecule has 90 heavy (non-hydrogen) atoms. The number of esters is 3. The Morgan fingerprint density at radius 2 is 0.667 bits per heavy atom. The van der Waals surface area contributed by atoms with Crippen LogP contribution in [0.2, 0.25) is 0 Å². The van der Waals surface area contributed by atoms with Gasteiger partial charge in [0.05, 0.1) is 50.7 Å². The topological polar surface area (TPSA) is 222 Å². The van der Waals surface area contributed by atoms with E-state index in [-0.39, 0.29) is 95.4 Å². The van der Waals surface area contributed by atoms with Crippen LogP contribution in [0.1, 0.15) is 181 Å². The van der Waals surface area contributed by atoms with Gasteiger partial charge in [0.2, 0.25) is 0 Å². The van der Waals surface area contributed by atoms with E-state index in [1.807, 2.05) is 53.7 Å². The zero-order chi connectivity index (χ0) is 71.0. The lowest BCUT2D eigenvalue weighted by Gasteiger charge is -2.47. The second-order valence-corrected chi connectivity index (χ2v) is 28.4. The number of carbonyl (C=O) groups is 3. The van der Waals surface area contributed by atoms with Crippen LogP contribution in [0, 0.1) is 53.3 Å². The quantitative estimate of drug-likeness (QED) is 0.0666. The Labute approximate surface area is 547 Å². The lowest BCUT2D eigenvalue weighted by molar-refractivity contribution is -0.161. The van der Waals surface area contributed by atoms with Gasteiger partial charge < -0.3 is 59.8 Å². The van der Waals surface area contributed by atoms with Crippen molar-refractivity contribution in [3.63, 3.8) is 0 Å². The van der Waals surface area contributed by atoms with Crippen molar-refractivity contribution in [1.29, 1.82) is 0 Å². The molecule has 9 rings (SSSR count). The van der Waals surface area contributed by atoms with Crippen LogP contribution in [0.3, 0.4) is 0 Å². The average Bonchev–Trinajstić information content (AvgIpc) is 0.776. The van der Waals surface area contributed by atoms with Gasteiger partial charge in [0.15, 0.2) is 34.5 Å². The molecule has 3 fully saturated rings. The number of fused-ring (bicyclic) bond motifs is 9. The summed E-state index contributed by atoms with van der Waals surface area (Å²) in [5, 5.41) is 0. The van der Waals surface area contributed by atoms with Crippen LogP contribution in [0.15, 0.2) is 36.4 Å². The number of nitrogens with two attached hydrogens (primary N) is 3. The number of carbonyl (C=O) groups excluding carboxylic acids is 3. The third-order valence-corrected chi connectivity index (χ3v) is 19.6. The first kappa shape index (κ1) is 63.4. The molecule has 0 saturated carbocycles. The Balaban J connectivity index is 0.000000203. The fourth-order valence-corrected chi connectivity index (χ4v) is 14.5. The summed E-state index contributed by atoms with van der Waals surface area (Å²) in [4.78, 5) is 45.6. The maximum absolute atomic E-state index is 12.7. The molecule has 0 unspecified atom stereocenters. The van der Waals surface area contributed by atoms with E-state index in [1.54, 1.807) is 26.4 Å². The predicted molar refractivity (Wildman–Crippen MR) is 353 cm³/mol. The Kier molecular flexibility index (Phi) is 22.9. The van der Waals surface area contributed by atoms with Gasteiger partial charge in [0.1, 0.15) is 36.4 Å². The summed E-state index contributed by atoms with van der Waals surface area (Å²) in [7, 11) is 1.25. The first-order chi connectivity index (χ1) is 45.0. The maximum atomic E-state index is 12.7. The zero-order valence-corrected chi connectivity index (χ0v) is 56.9. The van der Waals surface area contributed by atoms with Gasteiger partial charge in [0.25, 0.3) is 0 Å². The van der Waals surface area contributed by atoms with E-state index in [9.17, 15) is 14.4 Å². The highest BCUT2D eigenvalue weighted by atomic mass is 16.6. The van der Waals surface area contributed by atoms with E-state index in [0.29, 0.717) is 48.0 Å². The van der Waals surface area contributed by atoms with Gasteiger partial charge in [-0.3, -0.25) is 29.1 Å². The van der Waals surface area contributed by atoms with Crippen LogP contribution in [-0.2, 0) is 47.9 Å². The molecule has 6 aliphatic rings. The van der Waals surface area contributed by atoms with Crippen molar-refractivity contribution in [2.24, 2.45) is 70.5 Å². The van der Waals surface area contributed by atoms with Gasteiger partial charge in [-0.1, -0.05) is 83.1 Å². The number of ether oxygens (including phenoxy) is 9. The lowest BCUT2D eigenvalue weighted by Crippen LogP contribution is -2.51. The summed E-state index contributed by atoms with van der Waals surface area (Å²) in [6, 6.07) is 10.0. The minimum atomic E-state index is -2.55. The molecule has 6 N–H and O–H groups in total. The molecule has 3 aromatic carbocycles. The van der Waals surface area contributed by atoms with Gasteiger partial charge in [-0.15, -0.1) is 0 Å². The molecule has 3 saturated heterocycles. The Morgan fingerprint density at radius 3 is 0.889 bits per heavy atom. The molecular formula is C72H114N6O12. The second-order valence-electron chi connectivity index (χ2n) is 28.4. The summed E-state index contributed by atoms with van der Waals surface area (Å²) in [6.07, 6.45) is 7.13. The molecule has 0 aliphatic carbocycles. The number of rotatable bonds is 21. The molecule has 12 atom stereocenters. The molecule has 6 heterocycles. The largest absolute Gasteiger partial charge is 0.493 e. The third-order valence-electron chi connectivity index (χ3n) is 19.6. The summed E-state index contributed by atoms with van der Waals surface area (Å²) in [5.41, 5.74) is 25.0. The Bertz CT molecular complexity index is 2940. The second kappa shape index (κ2) is 32.5. The van der Waals surface area contributed by atoms with Crippen molar-refractivity contribution in [2.75, 3.05) is 81.8 Å². The maximum Gasteiger partial charge on any atom is 0.323 e. The predicted octanol–water partition coefficient (Wildman–Crippen LogP) is 10.7. The Morgan fingerprint density at radius 1 is 0.422 bits per heavy atom. The van der Waals surface area contributed by atoms with E-state index in [2.05, 4.69) is 68.4 Å². The number of hydrogen-bond acceptors (Lipinski definition) is 18. The van der Waals surface area contributed by atoms with Crippen LogP contribution >= 0.6 is 0 Å². The molecule has 0 amide bonds. The van der Waals surface area contributed by atoms with Crippen LogP contribution in [0.25, 0.3) is 0 Å². The van der Waals surface area contributed by atoms with Crippen molar-refractivity contribution in [3.8, 4) is 34.5 Å². The standard InChI is InChI=1S/3C24H38N2O4/c3*1-14(2)9-17-13-26-8-7-16-10-21(28-5)22(29-6)11-18(16)19(26)12-20(17)30-24(27)23(25)15(3)4/h3*10-11,14-15,17,19-20,23H,7-9,12-13,25H2,1-6H3/t3*17-,19-,20+,23+/m111/s1/i2*5D3;. The molecule has 6 aliphatic heterocycles. The highest BCUT2D eigenvalue weighted by Gasteiger charge is 2.45. The van der Waals surface area contributed by atoms with Gasteiger partial charge in [-0.2, -0.15) is 0 Å². The highest BCUT2D eigenvalue weighted by molar-refractivity contribution is 5.77. The number of nitrogens with zero attached hydrogens (tertiary/aromatic N) is 3. The fourth-order valence-electron chi connectivity index (χ4n) is 14.5. The molecule has 0 radical (unpaired) electrons. The smallest absolute Gasteiger partial charge is 0.323 e. The summed E-state index contributed by atoms with van der Waals surface area (Å²) in [6.45, 7) is 30.1. The first-order valence-corrected chi connectivity index (χ1v) is 33.2. The van der Waals surface area contributed by atoms with Gasteiger partial charge >= 0.3 is 17.9 Å². The number of methoxy groups -OCH3 is 6. The summed E-state index contributed by atoms with van der Waals surface area (Å²) >= 11 is 0. The minimum Gasteiger partial charge on any atom is -0.493 e. The van der Waals surface area contributed by atoms with Gasteiger partial charge in [0, 0.05) is 94.4 Å². The molecule has 504 valence electrons. The molecule has 0 spiro atoms. The fraction of sp³-hybridized carbons (Fsp3) is 0.708. The van der Waals surface area contributed by atoms with E-state index in [0.717, 1.165) is 118 Å². The third kappa shape index (κ3) is 17.5. The highest BCUT2D eigenvalue weighted by Crippen LogP contribution is 2.48. The van der Waals surface area contributed by atoms with Gasteiger partial charge in [-0.05, 0) is 144 Å². The summed E-state index contributed by atoms with van der Waals surface area (Å²) in [5.74, 6) is 4.22. The molecule has 18 nitrogen and oxygen atoms in total. The molecule has 18 heteroatoms. The summed E-state index contributed by atoms with van der Waals surface area (Å²) < 4.78 is 95.1. The molecule has 0 aromatic heterocycles. The van der Waals surface area contributed by atoms with Gasteiger partial charge in [-0.25, -0.2) is 0 Å². The Hall–Kier alpha value is -5.37. The molecule has 3 aromatic rings. The van der Waals surface area contributed by atoms with Crippen LogP contribution in [0.5, 0.6) is 34.5 Å². The zero-order valence-electron chi connectivity index (χ0n) is 62.9. The van der Waals surface area contributed by atoms with Crippen molar-refractivity contribution in [3.05, 3.63) is 69.8 Å². The number of hydrogen-bond donors (Lipinski definition) is 3. The molecule has 0 bridgehead atoms. The first-order valence-electron chi connectivity index (χ1n) is 36.2.